The van der Waals surface area contributed by atoms with Crippen LogP contribution < -0.4 is 4.74 Å². The number of rotatable bonds is 5. The summed E-state index contributed by atoms with van der Waals surface area (Å²) >= 11 is 0. The van der Waals surface area contributed by atoms with Crippen molar-refractivity contribution in [2.24, 2.45) is 4.99 Å². The standard InChI is InChI=1S/C25H31N3O5/c1-24(2,3)33-23(31)26-22-27(4)21(30)25(28(22)5,15-17-7-11-19(29)12-8-17)16-18-9-13-20(32-6)14-10-18/h7-14,29H,15-16H2,1-6H3/b26-22+/t25-/m0/s1. The molecule has 2 aromatic rings. The molecule has 0 aromatic heterocycles. The molecular weight excluding hydrogens is 422 g/mol. The van der Waals surface area contributed by atoms with Crippen molar-refractivity contribution in [3.05, 3.63) is 59.7 Å². The van der Waals surface area contributed by atoms with Crippen molar-refractivity contribution in [3.8, 4) is 11.5 Å². The average Bonchev–Trinajstić information content (AvgIpc) is 2.91. The lowest BCUT2D eigenvalue weighted by molar-refractivity contribution is -0.132. The summed E-state index contributed by atoms with van der Waals surface area (Å²) in [5, 5.41) is 9.68. The fourth-order valence-corrected chi connectivity index (χ4v) is 3.96. The van der Waals surface area contributed by atoms with E-state index in [9.17, 15) is 14.7 Å². The summed E-state index contributed by atoms with van der Waals surface area (Å²) in [4.78, 5) is 33.4. The van der Waals surface area contributed by atoms with E-state index in [0.29, 0.717) is 12.8 Å². The van der Waals surface area contributed by atoms with Crippen molar-refractivity contribution in [2.75, 3.05) is 21.2 Å². The second kappa shape index (κ2) is 9.13. The van der Waals surface area contributed by atoms with E-state index in [1.54, 1.807) is 71.1 Å². The molecule has 1 saturated heterocycles. The van der Waals surface area contributed by atoms with Crippen LogP contribution in [0.1, 0.15) is 31.9 Å². The number of phenolic OH excluding ortho intramolecular Hbond substituents is 1. The maximum atomic E-state index is 13.7. The number of aliphatic imine (C=N–C) groups is 1. The predicted octanol–water partition coefficient (Wildman–Crippen LogP) is 3.62. The first kappa shape index (κ1) is 24.1. The number of likely N-dealkylation sites (N-methyl/N-ethyl adjacent to an activating group) is 2. The molecule has 0 unspecified atom stereocenters. The summed E-state index contributed by atoms with van der Waals surface area (Å²) in [5.41, 5.74) is 0.0731. The summed E-state index contributed by atoms with van der Waals surface area (Å²) in [7, 11) is 4.97. The number of hydrogen-bond acceptors (Lipinski definition) is 5. The summed E-state index contributed by atoms with van der Waals surface area (Å²) in [5.74, 6) is 0.915. The van der Waals surface area contributed by atoms with Gasteiger partial charge in [-0.25, -0.2) is 4.79 Å². The van der Waals surface area contributed by atoms with Crippen LogP contribution in [-0.2, 0) is 22.4 Å². The molecule has 0 bridgehead atoms. The molecule has 3 rings (SSSR count). The van der Waals surface area contributed by atoms with E-state index in [-0.39, 0.29) is 17.6 Å². The molecule has 8 heteroatoms. The lowest BCUT2D eigenvalue weighted by Gasteiger charge is -2.34. The Balaban J connectivity index is 2.03. The third-order valence-electron chi connectivity index (χ3n) is 5.62. The largest absolute Gasteiger partial charge is 0.508 e. The van der Waals surface area contributed by atoms with Crippen LogP contribution in [0.2, 0.25) is 0 Å². The van der Waals surface area contributed by atoms with Crippen LogP contribution >= 0.6 is 0 Å². The Labute approximate surface area is 194 Å². The molecule has 0 aliphatic carbocycles. The number of carbonyl (C=O) groups is 2. The van der Waals surface area contributed by atoms with E-state index in [2.05, 4.69) is 4.99 Å². The van der Waals surface area contributed by atoms with Gasteiger partial charge < -0.3 is 19.5 Å². The van der Waals surface area contributed by atoms with Crippen LogP contribution in [0.4, 0.5) is 4.79 Å². The number of amides is 2. The lowest BCUT2D eigenvalue weighted by atomic mass is 9.83. The number of methoxy groups -OCH3 is 1. The molecule has 2 amide bonds. The highest BCUT2D eigenvalue weighted by atomic mass is 16.6. The second-order valence-electron chi connectivity index (χ2n) is 9.21. The topological polar surface area (TPSA) is 91.7 Å². The fraction of sp³-hybridized carbons (Fsp3) is 0.400. The number of hydrogen-bond donors (Lipinski definition) is 1. The fourth-order valence-electron chi connectivity index (χ4n) is 3.96. The highest BCUT2D eigenvalue weighted by Crippen LogP contribution is 2.34. The Morgan fingerprint density at radius 1 is 1.00 bits per heavy atom. The summed E-state index contributed by atoms with van der Waals surface area (Å²) in [6, 6.07) is 14.3. The van der Waals surface area contributed by atoms with Gasteiger partial charge in [-0.3, -0.25) is 9.69 Å². The second-order valence-corrected chi connectivity index (χ2v) is 9.21. The molecule has 0 radical (unpaired) electrons. The van der Waals surface area contributed by atoms with Crippen LogP contribution in [0, 0.1) is 0 Å². The lowest BCUT2D eigenvalue weighted by Crippen LogP contribution is -2.51. The zero-order valence-corrected chi connectivity index (χ0v) is 20.0. The van der Waals surface area contributed by atoms with Gasteiger partial charge in [-0.15, -0.1) is 4.99 Å². The first-order valence-electron chi connectivity index (χ1n) is 10.7. The molecule has 1 heterocycles. The molecular formula is C25H31N3O5. The van der Waals surface area contributed by atoms with Crippen LogP contribution in [-0.4, -0.2) is 65.2 Å². The quantitative estimate of drug-likeness (QED) is 0.744. The van der Waals surface area contributed by atoms with Crippen LogP contribution in [0.25, 0.3) is 0 Å². The van der Waals surface area contributed by atoms with Gasteiger partial charge in [0.2, 0.25) is 5.96 Å². The Kier molecular flexibility index (Phi) is 6.67. The minimum atomic E-state index is -1.03. The van der Waals surface area contributed by atoms with Gasteiger partial charge >= 0.3 is 6.09 Å². The van der Waals surface area contributed by atoms with Crippen molar-refractivity contribution in [1.82, 2.24) is 9.80 Å². The number of ether oxygens (including phenoxy) is 2. The number of benzene rings is 2. The highest BCUT2D eigenvalue weighted by Gasteiger charge is 2.53. The highest BCUT2D eigenvalue weighted by molar-refractivity contribution is 6.11. The molecule has 8 nitrogen and oxygen atoms in total. The Hall–Kier alpha value is -3.55. The van der Waals surface area contributed by atoms with Crippen molar-refractivity contribution >= 4 is 18.0 Å². The number of guanidine groups is 1. The zero-order chi connectivity index (χ0) is 24.4. The minimum absolute atomic E-state index is 0.151. The van der Waals surface area contributed by atoms with Gasteiger partial charge in [-0.1, -0.05) is 24.3 Å². The first-order valence-corrected chi connectivity index (χ1v) is 10.7. The Morgan fingerprint density at radius 2 is 1.52 bits per heavy atom. The number of nitrogens with zero attached hydrogens (tertiary/aromatic N) is 3. The molecule has 0 spiro atoms. The van der Waals surface area contributed by atoms with Crippen LogP contribution in [0.3, 0.4) is 0 Å². The number of carbonyl (C=O) groups excluding carboxylic acids is 2. The molecule has 1 aliphatic heterocycles. The van der Waals surface area contributed by atoms with E-state index < -0.39 is 17.2 Å². The molecule has 1 aliphatic rings. The van der Waals surface area contributed by atoms with E-state index in [1.165, 1.54) is 4.90 Å². The molecule has 1 N–H and O–H groups in total. The number of aromatic hydroxyl groups is 1. The maximum absolute atomic E-state index is 13.7. The zero-order valence-electron chi connectivity index (χ0n) is 20.0. The minimum Gasteiger partial charge on any atom is -0.508 e. The third kappa shape index (κ3) is 5.27. The number of phenols is 1. The molecule has 33 heavy (non-hydrogen) atoms. The van der Waals surface area contributed by atoms with E-state index in [4.69, 9.17) is 9.47 Å². The molecule has 1 fully saturated rings. The molecule has 1 atom stereocenters. The summed E-state index contributed by atoms with van der Waals surface area (Å²) in [6.45, 7) is 5.28. The van der Waals surface area contributed by atoms with Gasteiger partial charge in [-0.2, -0.15) is 0 Å². The van der Waals surface area contributed by atoms with Gasteiger partial charge in [0.1, 0.15) is 22.6 Å². The van der Waals surface area contributed by atoms with Gasteiger partial charge in [0, 0.05) is 26.9 Å². The average molecular weight is 454 g/mol. The van der Waals surface area contributed by atoms with E-state index >= 15 is 0 Å². The third-order valence-corrected chi connectivity index (χ3v) is 5.62. The summed E-state index contributed by atoms with van der Waals surface area (Å²) < 4.78 is 10.6. The monoisotopic (exact) mass is 453 g/mol. The van der Waals surface area contributed by atoms with Gasteiger partial charge in [0.25, 0.3) is 5.91 Å². The van der Waals surface area contributed by atoms with Gasteiger partial charge in [0.05, 0.1) is 7.11 Å². The van der Waals surface area contributed by atoms with Crippen molar-refractivity contribution in [2.45, 2.75) is 44.8 Å². The maximum Gasteiger partial charge on any atom is 0.437 e. The van der Waals surface area contributed by atoms with Gasteiger partial charge in [-0.05, 0) is 56.2 Å². The Bertz CT molecular complexity index is 1040. The van der Waals surface area contributed by atoms with E-state index in [1.807, 2.05) is 24.3 Å². The van der Waals surface area contributed by atoms with E-state index in [0.717, 1.165) is 16.9 Å². The predicted molar refractivity (Wildman–Crippen MR) is 125 cm³/mol. The summed E-state index contributed by atoms with van der Waals surface area (Å²) in [6.07, 6.45) is -0.0223. The Morgan fingerprint density at radius 3 is 2.00 bits per heavy atom. The normalized spacial score (nSPS) is 19.8. The molecule has 2 aromatic carbocycles. The molecule has 0 saturated carbocycles. The van der Waals surface area contributed by atoms with Gasteiger partial charge in [0.15, 0.2) is 0 Å². The smallest absolute Gasteiger partial charge is 0.437 e. The van der Waals surface area contributed by atoms with Crippen molar-refractivity contribution in [1.29, 1.82) is 0 Å². The SMILES string of the molecule is COc1ccc(C[C@@]2(Cc3ccc(O)cc3)C(=O)N(C)/C(=N\C(=O)OC(C)(C)C)N2C)cc1. The van der Waals surface area contributed by atoms with Crippen LogP contribution in [0.15, 0.2) is 53.5 Å². The van der Waals surface area contributed by atoms with Crippen LogP contribution in [0.5, 0.6) is 11.5 Å². The first-order chi connectivity index (χ1) is 15.4. The van der Waals surface area contributed by atoms with Crippen molar-refractivity contribution in [3.63, 3.8) is 0 Å². The van der Waals surface area contributed by atoms with Crippen molar-refractivity contribution < 1.29 is 24.2 Å². The molecule has 176 valence electrons.